The van der Waals surface area contributed by atoms with E-state index in [0.29, 0.717) is 29.0 Å². The molecular weight excluding hydrogens is 510 g/mol. The molecule has 4 aromatic carbocycles. The average molecular weight is 550 g/mol. The van der Waals surface area contributed by atoms with Crippen LogP contribution in [0, 0.1) is 0 Å². The van der Waals surface area contributed by atoms with Crippen LogP contribution < -0.4 is 4.74 Å². The minimum absolute atomic E-state index is 0.0421. The van der Waals surface area contributed by atoms with Crippen molar-refractivity contribution in [1.82, 2.24) is 4.90 Å². The van der Waals surface area contributed by atoms with Crippen LogP contribution >= 0.6 is 0 Å². The summed E-state index contributed by atoms with van der Waals surface area (Å²) in [6.45, 7) is 9.84. The lowest BCUT2D eigenvalue weighted by molar-refractivity contribution is 0.0472. The summed E-state index contributed by atoms with van der Waals surface area (Å²) >= 11 is 0. The Hall–Kier alpha value is -4.22. The molecule has 0 aliphatic heterocycles. The molecule has 0 aromatic heterocycles. The number of benzene rings is 4. The fourth-order valence-electron chi connectivity index (χ4n) is 5.17. The van der Waals surface area contributed by atoms with Crippen molar-refractivity contribution in [1.29, 1.82) is 0 Å². The van der Waals surface area contributed by atoms with E-state index >= 15 is 0 Å². The second-order valence-electron chi connectivity index (χ2n) is 10.7. The number of nitrogens with zero attached hydrogens (tertiary/aromatic N) is 1. The van der Waals surface area contributed by atoms with Crippen LogP contribution in [0.5, 0.6) is 5.75 Å². The van der Waals surface area contributed by atoms with Crippen molar-refractivity contribution >= 4 is 11.9 Å². The third-order valence-electron chi connectivity index (χ3n) is 7.25. The van der Waals surface area contributed by atoms with Gasteiger partial charge in [-0.2, -0.15) is 0 Å². The highest BCUT2D eigenvalue weighted by molar-refractivity contribution is 5.91. The number of rotatable bonds is 12. The predicted molar refractivity (Wildman–Crippen MR) is 163 cm³/mol. The van der Waals surface area contributed by atoms with E-state index in [2.05, 4.69) is 44.7 Å². The number of esters is 2. The summed E-state index contributed by atoms with van der Waals surface area (Å²) in [7, 11) is 0. The van der Waals surface area contributed by atoms with Gasteiger partial charge in [0.1, 0.15) is 12.4 Å². The molecular formula is C36H39NO4. The molecule has 0 radical (unpaired) electrons. The Morgan fingerprint density at radius 3 is 1.78 bits per heavy atom. The molecule has 0 N–H and O–H groups in total. The largest absolute Gasteiger partial charge is 0.457 e. The minimum Gasteiger partial charge on any atom is -0.457 e. The van der Waals surface area contributed by atoms with Gasteiger partial charge in [0.15, 0.2) is 0 Å². The molecule has 1 unspecified atom stereocenters. The first-order valence-electron chi connectivity index (χ1n) is 14.3. The highest BCUT2D eigenvalue weighted by atomic mass is 16.5. The van der Waals surface area contributed by atoms with Gasteiger partial charge in [-0.1, -0.05) is 72.8 Å². The molecule has 0 amide bonds. The zero-order valence-electron chi connectivity index (χ0n) is 24.3. The Morgan fingerprint density at radius 2 is 1.22 bits per heavy atom. The predicted octanol–water partition coefficient (Wildman–Crippen LogP) is 7.90. The second-order valence-corrected chi connectivity index (χ2v) is 10.7. The van der Waals surface area contributed by atoms with E-state index in [1.54, 1.807) is 24.3 Å². The van der Waals surface area contributed by atoms with Gasteiger partial charge in [0.25, 0.3) is 0 Å². The number of hydrogen-bond acceptors (Lipinski definition) is 5. The Kier molecular flexibility index (Phi) is 10.5. The maximum absolute atomic E-state index is 13.1. The summed E-state index contributed by atoms with van der Waals surface area (Å²) in [5, 5.41) is 0. The fourth-order valence-corrected chi connectivity index (χ4v) is 5.17. The lowest BCUT2D eigenvalue weighted by Crippen LogP contribution is -2.38. The number of carbonyl (C=O) groups excluding carboxylic acids is 2. The van der Waals surface area contributed by atoms with Gasteiger partial charge in [0.2, 0.25) is 0 Å². The Labute approximate surface area is 243 Å². The van der Waals surface area contributed by atoms with Crippen LogP contribution in [0.1, 0.15) is 77.4 Å². The van der Waals surface area contributed by atoms with Gasteiger partial charge in [-0.15, -0.1) is 0 Å². The topological polar surface area (TPSA) is 55.8 Å². The first-order chi connectivity index (χ1) is 19.8. The van der Waals surface area contributed by atoms with Gasteiger partial charge in [-0.05, 0) is 88.2 Å². The third-order valence-corrected chi connectivity index (χ3v) is 7.25. The molecule has 0 spiro atoms. The molecule has 0 heterocycles. The molecule has 0 aliphatic carbocycles. The summed E-state index contributed by atoms with van der Waals surface area (Å²) in [4.78, 5) is 28.2. The quantitative estimate of drug-likeness (QED) is 0.133. The molecule has 0 bridgehead atoms. The van der Waals surface area contributed by atoms with E-state index in [1.807, 2.05) is 72.8 Å². The Morgan fingerprint density at radius 1 is 0.683 bits per heavy atom. The molecule has 0 fully saturated rings. The van der Waals surface area contributed by atoms with Crippen molar-refractivity contribution in [2.45, 2.75) is 58.7 Å². The van der Waals surface area contributed by atoms with Gasteiger partial charge in [0, 0.05) is 23.6 Å². The summed E-state index contributed by atoms with van der Waals surface area (Å²) in [6.07, 6.45) is 0.823. The van der Waals surface area contributed by atoms with E-state index in [4.69, 9.17) is 9.47 Å². The van der Waals surface area contributed by atoms with Crippen molar-refractivity contribution in [3.05, 3.63) is 137 Å². The molecule has 0 saturated heterocycles. The van der Waals surface area contributed by atoms with Crippen LogP contribution in [-0.4, -0.2) is 35.5 Å². The molecule has 0 saturated carbocycles. The maximum Gasteiger partial charge on any atom is 0.343 e. The highest BCUT2D eigenvalue weighted by Gasteiger charge is 2.24. The van der Waals surface area contributed by atoms with Crippen molar-refractivity contribution in [3.63, 3.8) is 0 Å². The minimum atomic E-state index is -0.409. The lowest BCUT2D eigenvalue weighted by atomic mass is 9.86. The summed E-state index contributed by atoms with van der Waals surface area (Å²) in [5.41, 5.74) is 3.85. The summed E-state index contributed by atoms with van der Waals surface area (Å²) < 4.78 is 11.7. The van der Waals surface area contributed by atoms with Crippen LogP contribution in [0.25, 0.3) is 0 Å². The lowest BCUT2D eigenvalue weighted by Gasteiger charge is -2.32. The molecule has 0 aliphatic rings. The molecule has 4 aromatic rings. The molecule has 5 nitrogen and oxygen atoms in total. The summed E-state index contributed by atoms with van der Waals surface area (Å²) in [6, 6.07) is 34.7. The number of hydrogen-bond donors (Lipinski definition) is 0. The summed E-state index contributed by atoms with van der Waals surface area (Å²) in [5.74, 6) is -0.324. The average Bonchev–Trinajstić information content (AvgIpc) is 2.99. The second kappa shape index (κ2) is 14.4. The normalized spacial score (nSPS) is 12.0. The van der Waals surface area contributed by atoms with Crippen LogP contribution in [0.2, 0.25) is 0 Å². The first kappa shape index (κ1) is 29.8. The van der Waals surface area contributed by atoms with Gasteiger partial charge >= 0.3 is 11.9 Å². The Balaban J connectivity index is 1.69. The van der Waals surface area contributed by atoms with Crippen LogP contribution in [0.4, 0.5) is 0 Å². The first-order valence-corrected chi connectivity index (χ1v) is 14.3. The zero-order chi connectivity index (χ0) is 29.2. The van der Waals surface area contributed by atoms with Crippen molar-refractivity contribution in [3.8, 4) is 5.75 Å². The maximum atomic E-state index is 13.1. The number of ether oxygens (including phenoxy) is 2. The van der Waals surface area contributed by atoms with Crippen LogP contribution in [-0.2, 0) is 11.3 Å². The van der Waals surface area contributed by atoms with E-state index in [9.17, 15) is 9.59 Å². The Bertz CT molecular complexity index is 1390. The molecule has 5 heteroatoms. The molecule has 4 rings (SSSR count). The van der Waals surface area contributed by atoms with Crippen LogP contribution in [0.15, 0.2) is 109 Å². The van der Waals surface area contributed by atoms with Gasteiger partial charge in [0.05, 0.1) is 11.1 Å². The third kappa shape index (κ3) is 8.15. The molecule has 41 heavy (non-hydrogen) atoms. The fraction of sp³-hybridized carbons (Fsp3) is 0.278. The van der Waals surface area contributed by atoms with E-state index in [-0.39, 0.29) is 18.5 Å². The van der Waals surface area contributed by atoms with Gasteiger partial charge in [-0.25, -0.2) is 9.59 Å². The molecule has 1 atom stereocenters. The van der Waals surface area contributed by atoms with Crippen molar-refractivity contribution < 1.29 is 19.1 Å². The smallest absolute Gasteiger partial charge is 0.343 e. The van der Waals surface area contributed by atoms with Gasteiger partial charge in [-0.3, -0.25) is 4.90 Å². The van der Waals surface area contributed by atoms with Crippen LogP contribution in [0.3, 0.4) is 0 Å². The van der Waals surface area contributed by atoms with E-state index in [1.165, 1.54) is 0 Å². The molecule has 212 valence electrons. The van der Waals surface area contributed by atoms with Crippen molar-refractivity contribution in [2.75, 3.05) is 6.54 Å². The SMILES string of the molecule is CC(C)N(CCC(c1ccccc1)c1cc(COC(=O)c2ccccc2)ccc1OC(=O)c1ccccc1)C(C)C. The van der Waals surface area contributed by atoms with E-state index < -0.39 is 5.97 Å². The van der Waals surface area contributed by atoms with Gasteiger partial charge < -0.3 is 9.47 Å². The zero-order valence-corrected chi connectivity index (χ0v) is 24.3. The highest BCUT2D eigenvalue weighted by Crippen LogP contribution is 2.36. The monoisotopic (exact) mass is 549 g/mol. The number of carbonyl (C=O) groups is 2. The van der Waals surface area contributed by atoms with E-state index in [0.717, 1.165) is 29.7 Å². The van der Waals surface area contributed by atoms with Crippen molar-refractivity contribution in [2.24, 2.45) is 0 Å². The standard InChI is InChI=1S/C36H39NO4/c1-26(2)37(27(3)4)23-22-32(29-14-8-5-9-15-29)33-24-28(25-40-35(38)30-16-10-6-11-17-30)20-21-34(33)41-36(39)31-18-12-7-13-19-31/h5-21,24,26-27,32H,22-23,25H2,1-4H3.